The van der Waals surface area contributed by atoms with Crippen molar-refractivity contribution >= 4 is 11.6 Å². The molecule has 1 aromatic rings. The molecule has 1 fully saturated rings. The summed E-state index contributed by atoms with van der Waals surface area (Å²) < 4.78 is 5.69. The molecule has 0 saturated carbocycles. The average Bonchev–Trinajstić information content (AvgIpc) is 2.38. The van der Waals surface area contributed by atoms with Gasteiger partial charge < -0.3 is 10.1 Å². The Morgan fingerprint density at radius 1 is 1.53 bits per heavy atom. The number of hydrogen-bond donors (Lipinski definition) is 1. The molecule has 90 valence electrons. The predicted molar refractivity (Wildman–Crippen MR) is 67.3 cm³/mol. The summed E-state index contributed by atoms with van der Waals surface area (Å²) >= 11 is 6.03. The third-order valence-electron chi connectivity index (χ3n) is 2.93. The largest absolute Gasteiger partial charge is 0.492 e. The van der Waals surface area contributed by atoms with Gasteiger partial charge in [0.25, 0.3) is 0 Å². The van der Waals surface area contributed by atoms with Crippen LogP contribution in [-0.2, 0) is 0 Å². The zero-order chi connectivity index (χ0) is 12.1. The first-order valence-corrected chi connectivity index (χ1v) is 6.20. The van der Waals surface area contributed by atoms with Crippen LogP contribution >= 0.6 is 11.6 Å². The molecular weight excluding hydrogens is 236 g/mol. The highest BCUT2D eigenvalue weighted by molar-refractivity contribution is 6.32. The third-order valence-corrected chi connectivity index (χ3v) is 3.23. The number of halogens is 1. The van der Waals surface area contributed by atoms with E-state index < -0.39 is 0 Å². The van der Waals surface area contributed by atoms with E-state index in [1.54, 1.807) is 18.2 Å². The first kappa shape index (κ1) is 12.2. The highest BCUT2D eigenvalue weighted by atomic mass is 35.5. The maximum absolute atomic E-state index is 8.73. The van der Waals surface area contributed by atoms with E-state index >= 15 is 0 Å². The van der Waals surface area contributed by atoms with Gasteiger partial charge in [-0.3, -0.25) is 0 Å². The summed E-state index contributed by atoms with van der Waals surface area (Å²) in [5, 5.41) is 12.6. The maximum atomic E-state index is 8.73. The molecule has 17 heavy (non-hydrogen) atoms. The van der Waals surface area contributed by atoms with Crippen LogP contribution < -0.4 is 10.1 Å². The maximum Gasteiger partial charge on any atom is 0.137 e. The van der Waals surface area contributed by atoms with Crippen molar-refractivity contribution in [2.24, 2.45) is 5.92 Å². The van der Waals surface area contributed by atoms with Crippen molar-refractivity contribution < 1.29 is 4.74 Å². The molecule has 1 atom stereocenters. The van der Waals surface area contributed by atoms with Crippen LogP contribution in [0, 0.1) is 17.2 Å². The van der Waals surface area contributed by atoms with Gasteiger partial charge in [-0.15, -0.1) is 0 Å². The van der Waals surface area contributed by atoms with E-state index in [1.807, 2.05) is 0 Å². The minimum atomic E-state index is 0.507. The van der Waals surface area contributed by atoms with Crippen molar-refractivity contribution in [1.29, 1.82) is 5.26 Å². The van der Waals surface area contributed by atoms with Gasteiger partial charge in [0.1, 0.15) is 5.75 Å². The van der Waals surface area contributed by atoms with E-state index in [0.717, 1.165) is 13.1 Å². The van der Waals surface area contributed by atoms with Crippen LogP contribution in [0.3, 0.4) is 0 Å². The summed E-state index contributed by atoms with van der Waals surface area (Å²) in [5.74, 6) is 1.21. The van der Waals surface area contributed by atoms with E-state index in [1.165, 1.54) is 12.8 Å². The first-order valence-electron chi connectivity index (χ1n) is 5.83. The number of nitriles is 1. The second-order valence-electron chi connectivity index (χ2n) is 4.28. The molecule has 0 bridgehead atoms. The van der Waals surface area contributed by atoms with Crippen molar-refractivity contribution in [2.75, 3.05) is 19.7 Å². The molecule has 1 unspecified atom stereocenters. The Morgan fingerprint density at radius 2 is 2.41 bits per heavy atom. The van der Waals surface area contributed by atoms with Gasteiger partial charge in [-0.25, -0.2) is 0 Å². The molecule has 1 N–H and O–H groups in total. The van der Waals surface area contributed by atoms with Crippen LogP contribution in [-0.4, -0.2) is 19.7 Å². The summed E-state index contributed by atoms with van der Waals surface area (Å²) in [5.41, 5.74) is 0.557. The SMILES string of the molecule is N#Cc1ccc(OCC2CCCNC2)c(Cl)c1. The highest BCUT2D eigenvalue weighted by Gasteiger charge is 2.14. The third kappa shape index (κ3) is 3.36. The van der Waals surface area contributed by atoms with Crippen molar-refractivity contribution in [3.63, 3.8) is 0 Å². The number of nitrogens with one attached hydrogen (secondary N) is 1. The number of hydrogen-bond acceptors (Lipinski definition) is 3. The average molecular weight is 251 g/mol. The first-order chi connectivity index (χ1) is 8.29. The number of ether oxygens (including phenoxy) is 1. The van der Waals surface area contributed by atoms with Crippen LogP contribution in [0.2, 0.25) is 5.02 Å². The lowest BCUT2D eigenvalue weighted by atomic mass is 10.0. The Morgan fingerprint density at radius 3 is 3.06 bits per heavy atom. The smallest absolute Gasteiger partial charge is 0.137 e. The van der Waals surface area contributed by atoms with Gasteiger partial charge in [0.15, 0.2) is 0 Å². The quantitative estimate of drug-likeness (QED) is 0.897. The standard InChI is InChI=1S/C13H15ClN2O/c14-12-6-10(7-15)3-4-13(12)17-9-11-2-1-5-16-8-11/h3-4,6,11,16H,1-2,5,8-9H2. The zero-order valence-corrected chi connectivity index (χ0v) is 10.3. The molecular formula is C13H15ClN2O. The Balaban J connectivity index is 1.92. The molecule has 2 rings (SSSR count). The van der Waals surface area contributed by atoms with E-state index in [4.69, 9.17) is 21.6 Å². The molecule has 1 aliphatic rings. The van der Waals surface area contributed by atoms with Crippen molar-refractivity contribution in [2.45, 2.75) is 12.8 Å². The van der Waals surface area contributed by atoms with Gasteiger partial charge in [0.05, 0.1) is 23.3 Å². The lowest BCUT2D eigenvalue weighted by Crippen LogP contribution is -2.33. The normalized spacial score (nSPS) is 19.6. The fraction of sp³-hybridized carbons (Fsp3) is 0.462. The summed E-state index contributed by atoms with van der Waals surface area (Å²) in [6, 6.07) is 7.17. The van der Waals surface area contributed by atoms with Gasteiger partial charge in [-0.05, 0) is 37.6 Å². The van der Waals surface area contributed by atoms with E-state index in [2.05, 4.69) is 11.4 Å². The second-order valence-corrected chi connectivity index (χ2v) is 4.69. The van der Waals surface area contributed by atoms with Gasteiger partial charge in [-0.2, -0.15) is 5.26 Å². The van der Waals surface area contributed by atoms with Crippen molar-refractivity contribution in [1.82, 2.24) is 5.32 Å². The number of benzene rings is 1. The molecule has 0 aliphatic carbocycles. The molecule has 0 aromatic heterocycles. The van der Waals surface area contributed by atoms with Gasteiger partial charge in [0, 0.05) is 12.5 Å². The second kappa shape index (κ2) is 5.90. The number of rotatable bonds is 3. The van der Waals surface area contributed by atoms with E-state index in [9.17, 15) is 0 Å². The Kier molecular flexibility index (Phi) is 4.24. The van der Waals surface area contributed by atoms with Crippen LogP contribution in [0.4, 0.5) is 0 Å². The predicted octanol–water partition coefficient (Wildman–Crippen LogP) is 2.59. The fourth-order valence-corrected chi connectivity index (χ4v) is 2.20. The molecule has 1 heterocycles. The van der Waals surface area contributed by atoms with Gasteiger partial charge in [0.2, 0.25) is 0 Å². The molecule has 1 aliphatic heterocycles. The lowest BCUT2D eigenvalue weighted by Gasteiger charge is -2.23. The zero-order valence-electron chi connectivity index (χ0n) is 9.58. The van der Waals surface area contributed by atoms with Crippen LogP contribution in [0.5, 0.6) is 5.75 Å². The molecule has 0 amide bonds. The Hall–Kier alpha value is -1.24. The minimum absolute atomic E-state index is 0.507. The van der Waals surface area contributed by atoms with E-state index in [-0.39, 0.29) is 0 Å². The van der Waals surface area contributed by atoms with Gasteiger partial charge >= 0.3 is 0 Å². The Labute approximate surface area is 106 Å². The topological polar surface area (TPSA) is 45.0 Å². The van der Waals surface area contributed by atoms with Crippen molar-refractivity contribution in [3.05, 3.63) is 28.8 Å². The van der Waals surface area contributed by atoms with Crippen molar-refractivity contribution in [3.8, 4) is 11.8 Å². The van der Waals surface area contributed by atoms with Crippen LogP contribution in [0.25, 0.3) is 0 Å². The summed E-state index contributed by atoms with van der Waals surface area (Å²) in [4.78, 5) is 0. The monoisotopic (exact) mass is 250 g/mol. The minimum Gasteiger partial charge on any atom is -0.492 e. The molecule has 0 radical (unpaired) electrons. The fourth-order valence-electron chi connectivity index (χ4n) is 1.96. The Bertz CT molecular complexity index is 422. The molecule has 1 saturated heterocycles. The lowest BCUT2D eigenvalue weighted by molar-refractivity contribution is 0.218. The molecule has 0 spiro atoms. The van der Waals surface area contributed by atoms with Gasteiger partial charge in [-0.1, -0.05) is 11.6 Å². The van der Waals surface area contributed by atoms with E-state index in [0.29, 0.717) is 28.9 Å². The highest BCUT2D eigenvalue weighted by Crippen LogP contribution is 2.26. The number of piperidine rings is 1. The summed E-state index contributed by atoms with van der Waals surface area (Å²) in [6.07, 6.45) is 2.40. The summed E-state index contributed by atoms with van der Waals surface area (Å²) in [7, 11) is 0. The van der Waals surface area contributed by atoms with Crippen LogP contribution in [0.15, 0.2) is 18.2 Å². The molecule has 3 nitrogen and oxygen atoms in total. The number of nitrogens with zero attached hydrogens (tertiary/aromatic N) is 1. The summed E-state index contributed by atoms with van der Waals surface area (Å²) in [6.45, 7) is 2.79. The van der Waals surface area contributed by atoms with Crippen LogP contribution in [0.1, 0.15) is 18.4 Å². The molecule has 1 aromatic carbocycles. The molecule has 4 heteroatoms.